The van der Waals surface area contributed by atoms with Gasteiger partial charge in [-0.3, -0.25) is 0 Å². The molecule has 0 aromatic rings. The lowest BCUT2D eigenvalue weighted by Crippen LogP contribution is -2.67. The molecule has 0 aromatic carbocycles. The van der Waals surface area contributed by atoms with Crippen molar-refractivity contribution in [1.82, 2.24) is 0 Å². The molecule has 1 fully saturated rings. The number of hydrogen-bond donors (Lipinski definition) is 0. The van der Waals surface area contributed by atoms with Crippen molar-refractivity contribution in [3.63, 3.8) is 0 Å². The molecule has 1 aliphatic rings. The molecule has 0 aromatic heterocycles. The Morgan fingerprint density at radius 1 is 0.867 bits per heavy atom. The standard InChI is InChI=1S/C6H3F9/c7-3(8)1-2(4(3,9)10)5(11,12)6(13,14)15/h2H,1H2. The molecular weight excluding hydrogens is 243 g/mol. The first-order valence-corrected chi connectivity index (χ1v) is 3.54. The van der Waals surface area contributed by atoms with E-state index in [2.05, 4.69) is 0 Å². The number of hydrogen-bond acceptors (Lipinski definition) is 0. The van der Waals surface area contributed by atoms with E-state index in [1.54, 1.807) is 0 Å². The molecule has 0 spiro atoms. The van der Waals surface area contributed by atoms with Crippen molar-refractivity contribution in [3.05, 3.63) is 0 Å². The van der Waals surface area contributed by atoms with Gasteiger partial charge in [0.05, 0.1) is 0 Å². The van der Waals surface area contributed by atoms with Crippen LogP contribution in [0.4, 0.5) is 39.5 Å². The fourth-order valence-corrected chi connectivity index (χ4v) is 1.20. The molecule has 1 rings (SSSR count). The number of alkyl halides is 9. The van der Waals surface area contributed by atoms with Crippen molar-refractivity contribution in [2.24, 2.45) is 5.92 Å². The molecule has 9 heteroatoms. The summed E-state index contributed by atoms with van der Waals surface area (Å²) in [6.45, 7) is 0. The van der Waals surface area contributed by atoms with E-state index < -0.39 is 36.3 Å². The van der Waals surface area contributed by atoms with Crippen LogP contribution in [-0.4, -0.2) is 23.9 Å². The lowest BCUT2D eigenvalue weighted by molar-refractivity contribution is -0.402. The van der Waals surface area contributed by atoms with Crippen LogP contribution in [0.3, 0.4) is 0 Å². The summed E-state index contributed by atoms with van der Waals surface area (Å²) in [5.41, 5.74) is 0. The van der Waals surface area contributed by atoms with Gasteiger partial charge in [-0.1, -0.05) is 0 Å². The molecule has 15 heavy (non-hydrogen) atoms. The van der Waals surface area contributed by atoms with E-state index in [0.29, 0.717) is 0 Å². The van der Waals surface area contributed by atoms with E-state index in [1.807, 2.05) is 0 Å². The van der Waals surface area contributed by atoms with Crippen molar-refractivity contribution >= 4 is 0 Å². The highest BCUT2D eigenvalue weighted by Gasteiger charge is 2.83. The molecule has 0 saturated heterocycles. The Kier molecular flexibility index (Phi) is 2.26. The normalized spacial score (nSPS) is 29.8. The van der Waals surface area contributed by atoms with E-state index in [9.17, 15) is 39.5 Å². The molecule has 0 N–H and O–H groups in total. The Bertz CT molecular complexity index is 262. The Morgan fingerprint density at radius 3 is 1.47 bits per heavy atom. The Balaban J connectivity index is 2.96. The highest BCUT2D eigenvalue weighted by Crippen LogP contribution is 2.63. The van der Waals surface area contributed by atoms with Gasteiger partial charge in [0.1, 0.15) is 5.92 Å². The summed E-state index contributed by atoms with van der Waals surface area (Å²) >= 11 is 0. The Hall–Kier alpha value is -0.630. The summed E-state index contributed by atoms with van der Waals surface area (Å²) < 4.78 is 108. The maximum atomic E-state index is 12.3. The minimum Gasteiger partial charge on any atom is -0.200 e. The highest BCUT2D eigenvalue weighted by atomic mass is 19.4. The molecule has 1 aliphatic carbocycles. The van der Waals surface area contributed by atoms with Gasteiger partial charge in [0, 0.05) is 6.42 Å². The van der Waals surface area contributed by atoms with Crippen LogP contribution in [0.2, 0.25) is 0 Å². The fourth-order valence-electron chi connectivity index (χ4n) is 1.20. The first-order valence-electron chi connectivity index (χ1n) is 3.54. The molecule has 90 valence electrons. The molecule has 0 amide bonds. The lowest BCUT2D eigenvalue weighted by atomic mass is 9.72. The quantitative estimate of drug-likeness (QED) is 0.621. The highest BCUT2D eigenvalue weighted by molar-refractivity contribution is 5.10. The van der Waals surface area contributed by atoms with Crippen LogP contribution < -0.4 is 0 Å². The maximum Gasteiger partial charge on any atom is 0.453 e. The van der Waals surface area contributed by atoms with Crippen LogP contribution in [0.25, 0.3) is 0 Å². The van der Waals surface area contributed by atoms with Crippen molar-refractivity contribution in [3.8, 4) is 0 Å². The molecule has 0 nitrogen and oxygen atoms in total. The van der Waals surface area contributed by atoms with Gasteiger partial charge in [0.25, 0.3) is 0 Å². The zero-order chi connectivity index (χ0) is 12.3. The third-order valence-electron chi connectivity index (χ3n) is 2.20. The molecule has 0 radical (unpaired) electrons. The largest absolute Gasteiger partial charge is 0.453 e. The number of halogens is 9. The maximum absolute atomic E-state index is 12.3. The topological polar surface area (TPSA) is 0 Å². The van der Waals surface area contributed by atoms with Crippen LogP contribution in [0.5, 0.6) is 0 Å². The van der Waals surface area contributed by atoms with Gasteiger partial charge in [-0.2, -0.15) is 39.5 Å². The van der Waals surface area contributed by atoms with E-state index in [1.165, 1.54) is 0 Å². The lowest BCUT2D eigenvalue weighted by Gasteiger charge is -2.46. The molecule has 0 heterocycles. The van der Waals surface area contributed by atoms with Crippen molar-refractivity contribution < 1.29 is 39.5 Å². The first kappa shape index (κ1) is 12.4. The van der Waals surface area contributed by atoms with Crippen LogP contribution >= 0.6 is 0 Å². The summed E-state index contributed by atoms with van der Waals surface area (Å²) in [5.74, 6) is -19.6. The van der Waals surface area contributed by atoms with Crippen LogP contribution in [0, 0.1) is 5.92 Å². The SMILES string of the molecule is FC(F)(F)C(F)(F)C1CC(F)(F)C1(F)F. The third-order valence-corrected chi connectivity index (χ3v) is 2.20. The Labute approximate surface area is 77.0 Å². The first-order chi connectivity index (χ1) is 6.34. The van der Waals surface area contributed by atoms with Crippen molar-refractivity contribution in [2.45, 2.75) is 30.4 Å². The Morgan fingerprint density at radius 2 is 1.27 bits per heavy atom. The minimum atomic E-state index is -6.25. The van der Waals surface area contributed by atoms with Crippen LogP contribution in [0.1, 0.15) is 6.42 Å². The van der Waals surface area contributed by atoms with Gasteiger partial charge in [0.15, 0.2) is 0 Å². The molecule has 0 aliphatic heterocycles. The van der Waals surface area contributed by atoms with Gasteiger partial charge < -0.3 is 0 Å². The van der Waals surface area contributed by atoms with E-state index in [0.717, 1.165) is 0 Å². The summed E-state index contributed by atoms with van der Waals surface area (Å²) in [6, 6.07) is 0. The van der Waals surface area contributed by atoms with Gasteiger partial charge in [-0.15, -0.1) is 0 Å². The van der Waals surface area contributed by atoms with Gasteiger partial charge in [-0.05, 0) is 0 Å². The van der Waals surface area contributed by atoms with Crippen LogP contribution in [-0.2, 0) is 0 Å². The second-order valence-electron chi connectivity index (χ2n) is 3.20. The molecule has 1 atom stereocenters. The zero-order valence-electron chi connectivity index (χ0n) is 6.69. The van der Waals surface area contributed by atoms with Gasteiger partial charge in [0.2, 0.25) is 0 Å². The van der Waals surface area contributed by atoms with Crippen molar-refractivity contribution in [1.29, 1.82) is 0 Å². The monoisotopic (exact) mass is 246 g/mol. The summed E-state index contributed by atoms with van der Waals surface area (Å²) in [5, 5.41) is 0. The van der Waals surface area contributed by atoms with E-state index in [4.69, 9.17) is 0 Å². The molecule has 0 bridgehead atoms. The van der Waals surface area contributed by atoms with Crippen LogP contribution in [0.15, 0.2) is 0 Å². The predicted octanol–water partition coefficient (Wildman–Crippen LogP) is 3.47. The smallest absolute Gasteiger partial charge is 0.200 e. The summed E-state index contributed by atoms with van der Waals surface area (Å²) in [4.78, 5) is 0. The second-order valence-corrected chi connectivity index (χ2v) is 3.20. The van der Waals surface area contributed by atoms with E-state index in [-0.39, 0.29) is 0 Å². The minimum absolute atomic E-state index is 2.17. The number of rotatable bonds is 1. The fraction of sp³-hybridized carbons (Fsp3) is 1.00. The van der Waals surface area contributed by atoms with Gasteiger partial charge in [-0.25, -0.2) is 0 Å². The summed E-state index contributed by atoms with van der Waals surface area (Å²) in [7, 11) is 0. The third kappa shape index (κ3) is 1.46. The van der Waals surface area contributed by atoms with E-state index >= 15 is 0 Å². The average molecular weight is 246 g/mol. The molecule has 1 unspecified atom stereocenters. The molecule has 1 saturated carbocycles. The summed E-state index contributed by atoms with van der Waals surface area (Å²) in [6.07, 6.45) is -8.43. The predicted molar refractivity (Wildman–Crippen MR) is 29.0 cm³/mol. The van der Waals surface area contributed by atoms with Crippen molar-refractivity contribution in [2.75, 3.05) is 0 Å². The molecular formula is C6H3F9. The average Bonchev–Trinajstić information content (AvgIpc) is 1.98. The van der Waals surface area contributed by atoms with Gasteiger partial charge >= 0.3 is 23.9 Å². The zero-order valence-corrected chi connectivity index (χ0v) is 6.69. The second kappa shape index (κ2) is 2.73.